The van der Waals surface area contributed by atoms with Crippen molar-refractivity contribution in [2.75, 3.05) is 6.61 Å². The van der Waals surface area contributed by atoms with Gasteiger partial charge in [0.1, 0.15) is 0 Å². The van der Waals surface area contributed by atoms with E-state index in [4.69, 9.17) is 17.3 Å². The fourth-order valence-corrected chi connectivity index (χ4v) is 4.39. The normalized spacial score (nSPS) is 11.1. The number of rotatable bonds is 4. The van der Waals surface area contributed by atoms with Crippen molar-refractivity contribution in [2.24, 2.45) is 0 Å². The molecule has 0 bridgehead atoms. The van der Waals surface area contributed by atoms with Crippen LogP contribution in [0, 0.1) is 3.95 Å². The number of benzene rings is 2. The van der Waals surface area contributed by atoms with Gasteiger partial charge in [0.2, 0.25) is 5.88 Å². The third-order valence-corrected chi connectivity index (χ3v) is 5.77. The Labute approximate surface area is 159 Å². The molecular formula is C20H16N2O2S2. The minimum atomic E-state index is -0.0738. The lowest BCUT2D eigenvalue weighted by molar-refractivity contribution is 0.267. The molecule has 2 aromatic heterocycles. The lowest BCUT2D eigenvalue weighted by Gasteiger charge is -2.08. The number of hydrogen-bond acceptors (Lipinski definition) is 5. The average Bonchev–Trinajstić information content (AvgIpc) is 2.96. The lowest BCUT2D eigenvalue weighted by Crippen LogP contribution is -2.00. The van der Waals surface area contributed by atoms with Crippen LogP contribution in [0.1, 0.15) is 0 Å². The van der Waals surface area contributed by atoms with Crippen LogP contribution in [0.3, 0.4) is 0 Å². The van der Waals surface area contributed by atoms with Gasteiger partial charge in [0.25, 0.3) is 0 Å². The van der Waals surface area contributed by atoms with Crippen molar-refractivity contribution in [3.05, 3.63) is 64.7 Å². The zero-order valence-corrected chi connectivity index (χ0v) is 15.4. The fourth-order valence-electron chi connectivity index (χ4n) is 3.05. The van der Waals surface area contributed by atoms with Crippen molar-refractivity contribution >= 4 is 34.3 Å². The van der Waals surface area contributed by atoms with E-state index in [1.807, 2.05) is 36.4 Å². The number of fused-ring (bicyclic) bond motifs is 1. The topological polar surface area (TPSA) is 58.3 Å². The first-order valence-corrected chi connectivity index (χ1v) is 9.39. The summed E-state index contributed by atoms with van der Waals surface area (Å²) in [7, 11) is 0. The van der Waals surface area contributed by atoms with Crippen LogP contribution in [0.25, 0.3) is 32.5 Å². The van der Waals surface area contributed by atoms with E-state index in [0.717, 1.165) is 27.6 Å². The number of aliphatic hydroxyl groups is 1. The first kappa shape index (κ1) is 16.9. The summed E-state index contributed by atoms with van der Waals surface area (Å²) in [6, 6.07) is 18.2. The third-order valence-electron chi connectivity index (χ3n) is 4.28. The molecule has 2 N–H and O–H groups in total. The van der Waals surface area contributed by atoms with E-state index in [1.165, 1.54) is 11.3 Å². The number of thiazole rings is 1. The Bertz CT molecular complexity index is 1140. The number of aliphatic hydroxyl groups excluding tert-OH is 1. The Balaban J connectivity index is 1.86. The zero-order chi connectivity index (χ0) is 18.1. The predicted octanol–water partition coefficient (Wildman–Crippen LogP) is 4.86. The summed E-state index contributed by atoms with van der Waals surface area (Å²) in [4.78, 5) is 5.22. The van der Waals surface area contributed by atoms with Crippen molar-refractivity contribution in [1.29, 1.82) is 0 Å². The zero-order valence-electron chi connectivity index (χ0n) is 13.8. The molecule has 0 saturated carbocycles. The minimum Gasteiger partial charge on any atom is -0.493 e. The molecule has 0 radical (unpaired) electrons. The molecule has 0 unspecified atom stereocenters. The molecule has 2 aromatic carbocycles. The number of aromatic nitrogens is 2. The average molecular weight is 380 g/mol. The van der Waals surface area contributed by atoms with Crippen LogP contribution in [-0.2, 0) is 6.54 Å². The highest BCUT2D eigenvalue weighted by Crippen LogP contribution is 2.37. The van der Waals surface area contributed by atoms with Crippen molar-refractivity contribution in [3.8, 4) is 27.6 Å². The Morgan fingerprint density at radius 2 is 1.88 bits per heavy atom. The van der Waals surface area contributed by atoms with E-state index in [1.54, 1.807) is 10.8 Å². The van der Waals surface area contributed by atoms with Crippen LogP contribution in [-0.4, -0.2) is 26.4 Å². The van der Waals surface area contributed by atoms with Crippen LogP contribution in [0.15, 0.2) is 60.8 Å². The molecule has 0 spiro atoms. The van der Waals surface area contributed by atoms with E-state index >= 15 is 0 Å². The van der Waals surface area contributed by atoms with Crippen LogP contribution >= 0.6 is 23.6 Å². The molecule has 2 heterocycles. The minimum absolute atomic E-state index is 0.0738. The van der Waals surface area contributed by atoms with Crippen LogP contribution in [0.2, 0.25) is 0 Å². The van der Waals surface area contributed by atoms with Crippen molar-refractivity contribution in [2.45, 2.75) is 6.54 Å². The van der Waals surface area contributed by atoms with Gasteiger partial charge < -0.3 is 10.2 Å². The summed E-state index contributed by atoms with van der Waals surface area (Å²) in [6.07, 6.45) is 1.74. The molecule has 0 amide bonds. The lowest BCUT2D eigenvalue weighted by atomic mass is 10.0. The molecule has 26 heavy (non-hydrogen) atoms. The number of pyridine rings is 1. The smallest absolute Gasteiger partial charge is 0.211 e. The fraction of sp³-hybridized carbons (Fsp3) is 0.100. The van der Waals surface area contributed by atoms with Crippen LogP contribution in [0.4, 0.5) is 0 Å². The van der Waals surface area contributed by atoms with Crippen LogP contribution < -0.4 is 0 Å². The highest BCUT2D eigenvalue weighted by atomic mass is 32.1. The number of nitrogens with zero attached hydrogens (tertiary/aromatic N) is 2. The first-order chi connectivity index (χ1) is 12.7. The Morgan fingerprint density at radius 1 is 1.08 bits per heavy atom. The molecule has 0 fully saturated rings. The molecular weight excluding hydrogens is 364 g/mol. The van der Waals surface area contributed by atoms with Gasteiger partial charge in [-0.25, -0.2) is 0 Å². The predicted molar refractivity (Wildman–Crippen MR) is 108 cm³/mol. The molecule has 0 aliphatic rings. The number of aromatic hydroxyl groups is 1. The van der Waals surface area contributed by atoms with Gasteiger partial charge in [-0.05, 0) is 35.1 Å². The van der Waals surface area contributed by atoms with Crippen molar-refractivity contribution in [3.63, 3.8) is 0 Å². The molecule has 130 valence electrons. The second-order valence-corrected chi connectivity index (χ2v) is 7.50. The molecule has 4 nitrogen and oxygen atoms in total. The molecule has 0 saturated heterocycles. The molecule has 0 aliphatic carbocycles. The van der Waals surface area contributed by atoms with Gasteiger partial charge in [0, 0.05) is 17.3 Å². The summed E-state index contributed by atoms with van der Waals surface area (Å²) >= 11 is 6.64. The standard InChI is InChI=1S/C20H16N2O2S2/c23-11-10-22-19(24)18(26-20(22)25)14-8-9-21-17(12-14)16-7-3-5-13-4-1-2-6-15(13)16/h1-9,12,23-24H,10-11H2. The van der Waals surface area contributed by atoms with E-state index in [-0.39, 0.29) is 19.0 Å². The van der Waals surface area contributed by atoms with Crippen molar-refractivity contribution < 1.29 is 10.2 Å². The Morgan fingerprint density at radius 3 is 2.73 bits per heavy atom. The molecule has 4 rings (SSSR count). The molecule has 6 heteroatoms. The summed E-state index contributed by atoms with van der Waals surface area (Å²) in [5.41, 5.74) is 2.74. The van der Waals surface area contributed by atoms with Gasteiger partial charge in [-0.3, -0.25) is 9.55 Å². The maximum absolute atomic E-state index is 10.5. The highest BCUT2D eigenvalue weighted by Gasteiger charge is 2.15. The van der Waals surface area contributed by atoms with Gasteiger partial charge in [0.05, 0.1) is 23.7 Å². The summed E-state index contributed by atoms with van der Waals surface area (Å²) in [5, 5.41) is 22.0. The summed E-state index contributed by atoms with van der Waals surface area (Å²) in [6.45, 7) is 0.206. The van der Waals surface area contributed by atoms with E-state index in [9.17, 15) is 5.11 Å². The van der Waals surface area contributed by atoms with Gasteiger partial charge in [0.15, 0.2) is 3.95 Å². The molecule has 4 aromatic rings. The SMILES string of the molecule is OCCn1c(O)c(-c2ccnc(-c3cccc4ccccc34)c2)sc1=S. The van der Waals surface area contributed by atoms with E-state index < -0.39 is 0 Å². The third kappa shape index (κ3) is 2.92. The van der Waals surface area contributed by atoms with E-state index in [0.29, 0.717) is 8.83 Å². The quantitative estimate of drug-likeness (QED) is 0.497. The second-order valence-electron chi connectivity index (χ2n) is 5.85. The van der Waals surface area contributed by atoms with Gasteiger partial charge in [-0.1, -0.05) is 42.5 Å². The summed E-state index contributed by atoms with van der Waals surface area (Å²) < 4.78 is 2.09. The maximum atomic E-state index is 10.5. The second kappa shape index (κ2) is 6.99. The number of hydrogen-bond donors (Lipinski definition) is 2. The van der Waals surface area contributed by atoms with Gasteiger partial charge in [-0.15, -0.1) is 11.3 Å². The van der Waals surface area contributed by atoms with Gasteiger partial charge in [-0.2, -0.15) is 0 Å². The monoisotopic (exact) mass is 380 g/mol. The Kier molecular flexibility index (Phi) is 4.55. The first-order valence-electron chi connectivity index (χ1n) is 8.17. The Hall–Kier alpha value is -2.54. The molecule has 0 atom stereocenters. The maximum Gasteiger partial charge on any atom is 0.211 e. The largest absolute Gasteiger partial charge is 0.493 e. The highest BCUT2D eigenvalue weighted by molar-refractivity contribution is 7.73. The van der Waals surface area contributed by atoms with Crippen LogP contribution in [0.5, 0.6) is 5.88 Å². The van der Waals surface area contributed by atoms with Crippen molar-refractivity contribution in [1.82, 2.24) is 9.55 Å². The van der Waals surface area contributed by atoms with Gasteiger partial charge >= 0.3 is 0 Å². The molecule has 0 aliphatic heterocycles. The van der Waals surface area contributed by atoms with E-state index in [2.05, 4.69) is 23.2 Å². The summed E-state index contributed by atoms with van der Waals surface area (Å²) in [5.74, 6) is 0.0871.